The van der Waals surface area contributed by atoms with Crippen LogP contribution in [0.1, 0.15) is 30.7 Å². The number of fused-ring (bicyclic) bond motifs is 1. The SMILES string of the molecule is [C-]#[N+]c1c(CC)cc(CC)cc1-c1c(-c2ccc3c(=O)[nH]nc(CN)c3c2)cnn1C. The maximum Gasteiger partial charge on any atom is 0.272 e. The summed E-state index contributed by atoms with van der Waals surface area (Å²) < 4.78 is 1.81. The summed E-state index contributed by atoms with van der Waals surface area (Å²) in [5.41, 5.74) is 12.7. The van der Waals surface area contributed by atoms with E-state index in [-0.39, 0.29) is 12.1 Å². The molecular weight excluding hydrogens is 388 g/mol. The summed E-state index contributed by atoms with van der Waals surface area (Å²) in [4.78, 5) is 16.1. The Morgan fingerprint density at radius 2 is 1.94 bits per heavy atom. The van der Waals surface area contributed by atoms with Crippen LogP contribution in [0.3, 0.4) is 0 Å². The molecule has 0 amide bonds. The number of aromatic nitrogens is 4. The summed E-state index contributed by atoms with van der Waals surface area (Å²) in [6, 6.07) is 9.83. The number of H-pyrrole nitrogens is 1. The molecular formula is C24H24N6O. The summed E-state index contributed by atoms with van der Waals surface area (Å²) in [5.74, 6) is 0. The number of hydrogen-bond acceptors (Lipinski definition) is 4. The van der Waals surface area contributed by atoms with Crippen LogP contribution < -0.4 is 11.3 Å². The first-order valence-corrected chi connectivity index (χ1v) is 10.3. The Balaban J connectivity index is 2.01. The van der Waals surface area contributed by atoms with Crippen molar-refractivity contribution in [3.05, 3.63) is 75.1 Å². The molecule has 3 N–H and O–H groups in total. The normalized spacial score (nSPS) is 11.1. The third kappa shape index (κ3) is 3.41. The van der Waals surface area contributed by atoms with E-state index >= 15 is 0 Å². The minimum atomic E-state index is -0.247. The van der Waals surface area contributed by atoms with Gasteiger partial charge in [0.1, 0.15) is 0 Å². The first kappa shape index (κ1) is 20.5. The average molecular weight is 412 g/mol. The van der Waals surface area contributed by atoms with E-state index in [1.165, 1.54) is 5.56 Å². The third-order valence-electron chi connectivity index (χ3n) is 5.72. The van der Waals surface area contributed by atoms with Crippen molar-refractivity contribution in [1.82, 2.24) is 20.0 Å². The average Bonchev–Trinajstić information content (AvgIpc) is 3.19. The van der Waals surface area contributed by atoms with Gasteiger partial charge < -0.3 is 5.73 Å². The molecule has 2 heterocycles. The Morgan fingerprint density at radius 1 is 1.13 bits per heavy atom. The molecule has 0 fully saturated rings. The molecule has 7 nitrogen and oxygen atoms in total. The van der Waals surface area contributed by atoms with E-state index in [0.29, 0.717) is 16.8 Å². The molecule has 0 unspecified atom stereocenters. The van der Waals surface area contributed by atoms with Crippen LogP contribution in [0.5, 0.6) is 0 Å². The van der Waals surface area contributed by atoms with Gasteiger partial charge in [0.15, 0.2) is 5.69 Å². The summed E-state index contributed by atoms with van der Waals surface area (Å²) in [7, 11) is 1.88. The molecule has 31 heavy (non-hydrogen) atoms. The van der Waals surface area contributed by atoms with Crippen molar-refractivity contribution >= 4 is 16.5 Å². The van der Waals surface area contributed by atoms with E-state index in [2.05, 4.69) is 46.1 Å². The third-order valence-corrected chi connectivity index (χ3v) is 5.72. The molecule has 0 aliphatic heterocycles. The van der Waals surface area contributed by atoms with E-state index in [9.17, 15) is 4.79 Å². The van der Waals surface area contributed by atoms with Crippen molar-refractivity contribution in [1.29, 1.82) is 0 Å². The fourth-order valence-electron chi connectivity index (χ4n) is 4.06. The van der Waals surface area contributed by atoms with Crippen LogP contribution in [-0.2, 0) is 26.4 Å². The topological polar surface area (TPSA) is 93.9 Å². The molecule has 0 atom stereocenters. The number of benzene rings is 2. The number of aryl methyl sites for hydroxylation is 3. The zero-order valence-corrected chi connectivity index (χ0v) is 17.9. The predicted molar refractivity (Wildman–Crippen MR) is 123 cm³/mol. The van der Waals surface area contributed by atoms with Crippen molar-refractivity contribution in [3.63, 3.8) is 0 Å². The molecule has 0 spiro atoms. The molecule has 4 aromatic rings. The van der Waals surface area contributed by atoms with Crippen LogP contribution in [0.25, 0.3) is 38.0 Å². The van der Waals surface area contributed by atoms with Crippen molar-refractivity contribution < 1.29 is 0 Å². The van der Waals surface area contributed by atoms with Gasteiger partial charge in [-0.2, -0.15) is 10.2 Å². The highest BCUT2D eigenvalue weighted by atomic mass is 16.1. The maximum atomic E-state index is 12.2. The lowest BCUT2D eigenvalue weighted by molar-refractivity contribution is 0.776. The summed E-state index contributed by atoms with van der Waals surface area (Å²) >= 11 is 0. The number of hydrogen-bond donors (Lipinski definition) is 2. The smallest absolute Gasteiger partial charge is 0.272 e. The van der Waals surface area contributed by atoms with Crippen LogP contribution in [-0.4, -0.2) is 20.0 Å². The Kier molecular flexibility index (Phi) is 5.40. The van der Waals surface area contributed by atoms with E-state index < -0.39 is 0 Å². The quantitative estimate of drug-likeness (QED) is 0.482. The monoisotopic (exact) mass is 412 g/mol. The molecule has 2 aromatic heterocycles. The number of nitrogens with one attached hydrogen (secondary N) is 1. The van der Waals surface area contributed by atoms with Crippen LogP contribution in [0.2, 0.25) is 0 Å². The molecule has 0 aliphatic rings. The van der Waals surface area contributed by atoms with E-state index in [1.807, 2.05) is 23.9 Å². The second-order valence-corrected chi connectivity index (χ2v) is 7.46. The van der Waals surface area contributed by atoms with Crippen molar-refractivity contribution in [2.45, 2.75) is 33.2 Å². The molecule has 0 saturated heterocycles. The van der Waals surface area contributed by atoms with Gasteiger partial charge in [-0.1, -0.05) is 32.0 Å². The second-order valence-electron chi connectivity index (χ2n) is 7.46. The van der Waals surface area contributed by atoms with Gasteiger partial charge in [-0.25, -0.2) is 9.94 Å². The number of nitrogens with two attached hydrogens (primary N) is 1. The number of rotatable bonds is 5. The number of aromatic amines is 1. The van der Waals surface area contributed by atoms with Gasteiger partial charge in [-0.3, -0.25) is 9.48 Å². The van der Waals surface area contributed by atoms with Crippen LogP contribution in [0, 0.1) is 6.57 Å². The van der Waals surface area contributed by atoms with Gasteiger partial charge in [0.05, 0.1) is 29.5 Å². The molecule has 0 bridgehead atoms. The van der Waals surface area contributed by atoms with Gasteiger partial charge >= 0.3 is 0 Å². The summed E-state index contributed by atoms with van der Waals surface area (Å²) in [6.45, 7) is 12.2. The largest absolute Gasteiger partial charge is 0.325 e. The minimum absolute atomic E-state index is 0.219. The molecule has 4 rings (SSSR count). The summed E-state index contributed by atoms with van der Waals surface area (Å²) in [5, 5.41) is 12.4. The van der Waals surface area contributed by atoms with Crippen molar-refractivity contribution in [2.75, 3.05) is 0 Å². The molecule has 156 valence electrons. The van der Waals surface area contributed by atoms with Crippen LogP contribution in [0.4, 0.5) is 5.69 Å². The molecule has 2 aromatic carbocycles. The Labute approximate surface area is 180 Å². The molecule has 0 saturated carbocycles. The first-order valence-electron chi connectivity index (χ1n) is 10.3. The lowest BCUT2D eigenvalue weighted by atomic mass is 9.93. The highest BCUT2D eigenvalue weighted by Gasteiger charge is 2.20. The van der Waals surface area contributed by atoms with Gasteiger partial charge in [0.25, 0.3) is 5.56 Å². The zero-order valence-electron chi connectivity index (χ0n) is 17.9. The predicted octanol–water partition coefficient (Wildman–Crippen LogP) is 4.12. The highest BCUT2D eigenvalue weighted by Crippen LogP contribution is 2.40. The van der Waals surface area contributed by atoms with Gasteiger partial charge in [0.2, 0.25) is 0 Å². The zero-order chi connectivity index (χ0) is 22.1. The molecule has 7 heteroatoms. The van der Waals surface area contributed by atoms with Crippen LogP contribution >= 0.6 is 0 Å². The van der Waals surface area contributed by atoms with E-state index in [1.54, 1.807) is 12.3 Å². The maximum absolute atomic E-state index is 12.2. The van der Waals surface area contributed by atoms with E-state index in [4.69, 9.17) is 12.3 Å². The summed E-state index contributed by atoms with van der Waals surface area (Å²) in [6.07, 6.45) is 3.48. The fourth-order valence-corrected chi connectivity index (χ4v) is 4.06. The lowest BCUT2D eigenvalue weighted by Gasteiger charge is -2.14. The Hall–Kier alpha value is -3.76. The van der Waals surface area contributed by atoms with Gasteiger partial charge in [-0.05, 0) is 41.7 Å². The number of nitrogens with zero attached hydrogens (tertiary/aromatic N) is 4. The molecule has 0 aliphatic carbocycles. The second kappa shape index (κ2) is 8.17. The van der Waals surface area contributed by atoms with Crippen molar-refractivity contribution in [2.24, 2.45) is 12.8 Å². The minimum Gasteiger partial charge on any atom is -0.325 e. The standard InChI is InChI=1S/C24H24N6O/c1-5-14-9-15(6-2)22(26-3)19(10-14)23-20(13-27-30(23)4)16-7-8-17-18(11-16)21(12-25)28-29-24(17)31/h7-11,13H,5-6,12,25H2,1-2,4H3,(H,29,31). The fraction of sp³-hybridized carbons (Fsp3) is 0.250. The Bertz CT molecular complexity index is 1390. The van der Waals surface area contributed by atoms with Crippen LogP contribution in [0.15, 0.2) is 41.3 Å². The van der Waals surface area contributed by atoms with E-state index in [0.717, 1.165) is 46.2 Å². The van der Waals surface area contributed by atoms with Crippen molar-refractivity contribution in [3.8, 4) is 22.4 Å². The van der Waals surface area contributed by atoms with Gasteiger partial charge in [0, 0.05) is 30.1 Å². The molecule has 0 radical (unpaired) electrons. The first-order chi connectivity index (χ1) is 15.0. The van der Waals surface area contributed by atoms with Gasteiger partial charge in [-0.15, -0.1) is 0 Å². The lowest BCUT2D eigenvalue weighted by Crippen LogP contribution is -2.13. The highest BCUT2D eigenvalue weighted by molar-refractivity contribution is 5.93. The Morgan fingerprint density at radius 3 is 2.61 bits per heavy atom.